The van der Waals surface area contributed by atoms with E-state index in [2.05, 4.69) is 11.3 Å². The van der Waals surface area contributed by atoms with E-state index in [-0.39, 0.29) is 34.9 Å². The molecule has 0 aliphatic rings. The average molecular weight is 429 g/mol. The fourth-order valence-electron chi connectivity index (χ4n) is 2.78. The average Bonchev–Trinajstić information content (AvgIpc) is 2.73. The fraction of sp³-hybridized carbons (Fsp3) is 0.143. The standard InChI is InChI=1S/C21H19NO7S/c1-3-10-22-30(26,27)16-6-4-14(5-7-16)21(25)28-12-15-11-19(24)29-20-13(2)18(23)9-8-17(15)20/h3-9,11,22-23H,1,10,12H2,2H3. The normalized spacial score (nSPS) is 11.4. The van der Waals surface area contributed by atoms with Gasteiger partial charge in [0.2, 0.25) is 10.0 Å². The lowest BCUT2D eigenvalue weighted by Crippen LogP contribution is -2.23. The summed E-state index contributed by atoms with van der Waals surface area (Å²) in [7, 11) is -3.70. The van der Waals surface area contributed by atoms with Crippen molar-refractivity contribution in [1.82, 2.24) is 4.72 Å². The Bertz CT molecular complexity index is 1280. The quantitative estimate of drug-likeness (QED) is 0.336. The Hall–Kier alpha value is -3.43. The summed E-state index contributed by atoms with van der Waals surface area (Å²) in [5.41, 5.74) is 0.558. The lowest BCUT2D eigenvalue weighted by atomic mass is 10.1. The van der Waals surface area contributed by atoms with E-state index in [1.165, 1.54) is 42.5 Å². The molecule has 2 aromatic carbocycles. The second-order valence-electron chi connectivity index (χ2n) is 6.42. The van der Waals surface area contributed by atoms with Gasteiger partial charge in [0.25, 0.3) is 0 Å². The van der Waals surface area contributed by atoms with Crippen LogP contribution in [0.4, 0.5) is 0 Å². The number of benzene rings is 2. The summed E-state index contributed by atoms with van der Waals surface area (Å²) < 4.78 is 36.9. The summed E-state index contributed by atoms with van der Waals surface area (Å²) in [5, 5.41) is 10.3. The highest BCUT2D eigenvalue weighted by atomic mass is 32.2. The van der Waals surface area contributed by atoms with Crippen molar-refractivity contribution >= 4 is 27.0 Å². The van der Waals surface area contributed by atoms with E-state index >= 15 is 0 Å². The maximum atomic E-state index is 12.4. The van der Waals surface area contributed by atoms with Crippen molar-refractivity contribution in [2.24, 2.45) is 0 Å². The topological polar surface area (TPSA) is 123 Å². The molecule has 0 radical (unpaired) electrons. The number of phenols is 1. The molecule has 9 heteroatoms. The van der Waals surface area contributed by atoms with Crippen molar-refractivity contribution in [2.45, 2.75) is 18.4 Å². The van der Waals surface area contributed by atoms with Crippen LogP contribution in [0.3, 0.4) is 0 Å². The van der Waals surface area contributed by atoms with E-state index in [0.717, 1.165) is 0 Å². The predicted molar refractivity (Wildman–Crippen MR) is 110 cm³/mol. The van der Waals surface area contributed by atoms with Crippen LogP contribution in [0.15, 0.2) is 69.2 Å². The number of ether oxygens (including phenoxy) is 1. The number of aryl methyl sites for hydroxylation is 1. The van der Waals surface area contributed by atoms with E-state index in [9.17, 15) is 23.1 Å². The molecule has 1 heterocycles. The van der Waals surface area contributed by atoms with Crippen LogP contribution in [0.5, 0.6) is 5.75 Å². The fourth-order valence-corrected chi connectivity index (χ4v) is 3.78. The zero-order chi connectivity index (χ0) is 21.9. The Morgan fingerprint density at radius 1 is 1.23 bits per heavy atom. The van der Waals surface area contributed by atoms with Crippen LogP contribution in [-0.2, 0) is 21.4 Å². The highest BCUT2D eigenvalue weighted by Gasteiger charge is 2.16. The number of rotatable bonds is 7. The molecule has 0 saturated heterocycles. The molecule has 156 valence electrons. The van der Waals surface area contributed by atoms with E-state index in [4.69, 9.17) is 9.15 Å². The van der Waals surface area contributed by atoms with E-state index < -0.39 is 21.6 Å². The van der Waals surface area contributed by atoms with E-state index in [1.54, 1.807) is 13.0 Å². The van der Waals surface area contributed by atoms with Crippen molar-refractivity contribution in [3.8, 4) is 5.75 Å². The molecule has 1 aromatic heterocycles. The predicted octanol–water partition coefficient (Wildman–Crippen LogP) is 2.63. The molecule has 0 spiro atoms. The van der Waals surface area contributed by atoms with Gasteiger partial charge in [0.05, 0.1) is 10.5 Å². The van der Waals surface area contributed by atoms with E-state index in [0.29, 0.717) is 16.5 Å². The minimum absolute atomic E-state index is 0.00263. The van der Waals surface area contributed by atoms with Gasteiger partial charge in [0.1, 0.15) is 17.9 Å². The van der Waals surface area contributed by atoms with Crippen LogP contribution in [0.2, 0.25) is 0 Å². The van der Waals surface area contributed by atoms with E-state index in [1.807, 2.05) is 0 Å². The highest BCUT2D eigenvalue weighted by molar-refractivity contribution is 7.89. The Morgan fingerprint density at radius 3 is 2.60 bits per heavy atom. The first-order valence-electron chi connectivity index (χ1n) is 8.86. The van der Waals surface area contributed by atoms with Gasteiger partial charge >= 0.3 is 11.6 Å². The van der Waals surface area contributed by atoms with Crippen molar-refractivity contribution in [1.29, 1.82) is 0 Å². The van der Waals surface area contributed by atoms with Gasteiger partial charge in [-0.3, -0.25) is 0 Å². The smallest absolute Gasteiger partial charge is 0.338 e. The zero-order valence-electron chi connectivity index (χ0n) is 16.0. The molecule has 3 aromatic rings. The number of carbonyl (C=O) groups is 1. The first kappa shape index (κ1) is 21.3. The van der Waals surface area contributed by atoms with Gasteiger partial charge in [-0.15, -0.1) is 6.58 Å². The Morgan fingerprint density at radius 2 is 1.93 bits per heavy atom. The summed E-state index contributed by atoms with van der Waals surface area (Å²) in [6.45, 7) is 4.94. The van der Waals surface area contributed by atoms with Crippen molar-refractivity contribution in [3.63, 3.8) is 0 Å². The summed E-state index contributed by atoms with van der Waals surface area (Å²) in [5.74, 6) is -0.702. The number of nitrogens with one attached hydrogen (secondary N) is 1. The first-order chi connectivity index (χ1) is 14.2. The third kappa shape index (κ3) is 4.42. The molecular weight excluding hydrogens is 410 g/mol. The van der Waals surface area contributed by atoms with Crippen LogP contribution < -0.4 is 10.3 Å². The summed E-state index contributed by atoms with van der Waals surface area (Å²) in [6.07, 6.45) is 1.42. The zero-order valence-corrected chi connectivity index (χ0v) is 16.9. The van der Waals surface area contributed by atoms with Crippen LogP contribution in [-0.4, -0.2) is 26.0 Å². The molecular formula is C21H19NO7S. The van der Waals surface area contributed by atoms with Crippen molar-refractivity contribution in [2.75, 3.05) is 6.54 Å². The number of carbonyl (C=O) groups excluding carboxylic acids is 1. The largest absolute Gasteiger partial charge is 0.508 e. The molecule has 0 fully saturated rings. The minimum atomic E-state index is -3.70. The molecule has 3 rings (SSSR count). The van der Waals surface area contributed by atoms with Crippen molar-refractivity contribution < 1.29 is 27.5 Å². The Kier molecular flexibility index (Phi) is 6.04. The van der Waals surface area contributed by atoms with Gasteiger partial charge in [0, 0.05) is 29.1 Å². The second-order valence-corrected chi connectivity index (χ2v) is 8.19. The van der Waals surface area contributed by atoms with Crippen LogP contribution in [0, 0.1) is 6.92 Å². The Labute approximate surface area is 172 Å². The Balaban J connectivity index is 1.79. The monoisotopic (exact) mass is 429 g/mol. The minimum Gasteiger partial charge on any atom is -0.508 e. The number of sulfonamides is 1. The molecule has 30 heavy (non-hydrogen) atoms. The lowest BCUT2D eigenvalue weighted by Gasteiger charge is -2.10. The molecule has 0 unspecified atom stereocenters. The van der Waals surface area contributed by atoms with Gasteiger partial charge in [-0.05, 0) is 43.3 Å². The highest BCUT2D eigenvalue weighted by Crippen LogP contribution is 2.27. The van der Waals surface area contributed by atoms with Crippen LogP contribution in [0.1, 0.15) is 21.5 Å². The summed E-state index contributed by atoms with van der Waals surface area (Å²) >= 11 is 0. The molecule has 2 N–H and O–H groups in total. The number of aromatic hydroxyl groups is 1. The number of hydrogen-bond acceptors (Lipinski definition) is 7. The molecule has 8 nitrogen and oxygen atoms in total. The van der Waals surface area contributed by atoms with Gasteiger partial charge in [-0.1, -0.05) is 6.08 Å². The lowest BCUT2D eigenvalue weighted by molar-refractivity contribution is 0.0473. The number of esters is 1. The second kappa shape index (κ2) is 8.52. The maximum absolute atomic E-state index is 12.4. The molecule has 0 amide bonds. The van der Waals surface area contributed by atoms with Gasteiger partial charge < -0.3 is 14.3 Å². The summed E-state index contributed by atoms with van der Waals surface area (Å²) in [4.78, 5) is 24.2. The third-order valence-corrected chi connectivity index (χ3v) is 5.83. The number of hydrogen-bond donors (Lipinski definition) is 2. The number of phenolic OH excluding ortho intramolecular Hbond substituents is 1. The van der Waals surface area contributed by atoms with Crippen LogP contribution >= 0.6 is 0 Å². The van der Waals surface area contributed by atoms with Gasteiger partial charge in [0.15, 0.2) is 0 Å². The molecule has 0 atom stereocenters. The van der Waals surface area contributed by atoms with Gasteiger partial charge in [-0.2, -0.15) is 0 Å². The van der Waals surface area contributed by atoms with Crippen molar-refractivity contribution in [3.05, 3.63) is 82.2 Å². The first-order valence-corrected chi connectivity index (χ1v) is 10.3. The summed E-state index contributed by atoms with van der Waals surface area (Å²) in [6, 6.07) is 9.51. The SMILES string of the molecule is C=CCNS(=O)(=O)c1ccc(C(=O)OCc2cc(=O)oc3c(C)c(O)ccc23)cc1. The molecule has 0 aliphatic carbocycles. The molecule has 0 aliphatic heterocycles. The molecule has 0 saturated carbocycles. The van der Waals surface area contributed by atoms with Crippen LogP contribution in [0.25, 0.3) is 11.0 Å². The molecule has 0 bridgehead atoms. The third-order valence-electron chi connectivity index (χ3n) is 4.39. The number of fused-ring (bicyclic) bond motifs is 1. The van der Waals surface area contributed by atoms with Gasteiger partial charge in [-0.25, -0.2) is 22.7 Å². The maximum Gasteiger partial charge on any atom is 0.338 e.